The van der Waals surface area contributed by atoms with Crippen LogP contribution in [0.5, 0.6) is 0 Å². The monoisotopic (exact) mass is 456 g/mol. The number of rotatable bonds is 5. The Hall–Kier alpha value is -0.930. The van der Waals surface area contributed by atoms with Crippen molar-refractivity contribution in [2.75, 3.05) is 0 Å². The standard InChI is InChI=1S/C30H48O3/c1-19(9-12-25(32)27(4,5)33)20-13-17-30(8)22-10-11-23-26(2,3)24(31)15-16-28(23,6)21(22)14-18-29(20,30)7/h14-16,19-20,22-23,25,32-33H,9-13,17-18H2,1-8H3/t19-,20-,22?,23?,25-,28-,29-,30-/m1/s1. The van der Waals surface area contributed by atoms with Gasteiger partial charge in [0.05, 0.1) is 11.7 Å². The van der Waals surface area contributed by atoms with E-state index in [2.05, 4.69) is 53.7 Å². The fourth-order valence-corrected chi connectivity index (χ4v) is 9.00. The van der Waals surface area contributed by atoms with Gasteiger partial charge >= 0.3 is 0 Å². The molecule has 0 aliphatic heterocycles. The summed E-state index contributed by atoms with van der Waals surface area (Å²) in [7, 11) is 0. The lowest BCUT2D eigenvalue weighted by Gasteiger charge is -2.61. The van der Waals surface area contributed by atoms with E-state index in [1.54, 1.807) is 19.4 Å². The largest absolute Gasteiger partial charge is 0.390 e. The zero-order chi connectivity index (χ0) is 24.6. The minimum absolute atomic E-state index is 0.00874. The SMILES string of the molecule is C[C@H](CC[C@@H](O)C(C)(C)O)[C@H]1CC[C@]2(C)C3CCC4C(C)(C)C(=O)C=C[C@]4(C)C3=CC[C@]12C. The highest BCUT2D eigenvalue weighted by molar-refractivity contribution is 5.96. The molecule has 33 heavy (non-hydrogen) atoms. The van der Waals surface area contributed by atoms with Crippen LogP contribution in [0.2, 0.25) is 0 Å². The number of carbonyl (C=O) groups is 1. The summed E-state index contributed by atoms with van der Waals surface area (Å²) in [5, 5.41) is 20.5. The molecular weight excluding hydrogens is 408 g/mol. The van der Waals surface area contributed by atoms with Gasteiger partial charge in [0.1, 0.15) is 0 Å². The third-order valence-electron chi connectivity index (χ3n) is 11.6. The predicted molar refractivity (Wildman–Crippen MR) is 135 cm³/mol. The molecule has 4 rings (SSSR count). The Morgan fingerprint density at radius 3 is 2.36 bits per heavy atom. The van der Waals surface area contributed by atoms with Crippen LogP contribution in [0.1, 0.15) is 100 Å². The lowest BCUT2D eigenvalue weighted by atomic mass is 9.42. The molecule has 0 saturated heterocycles. The highest BCUT2D eigenvalue weighted by Crippen LogP contribution is 2.72. The fraction of sp³-hybridized carbons (Fsp3) is 0.833. The maximum absolute atomic E-state index is 12.7. The molecule has 0 aromatic rings. The van der Waals surface area contributed by atoms with Crippen LogP contribution >= 0.6 is 0 Å². The second-order valence-electron chi connectivity index (χ2n) is 14.0. The van der Waals surface area contributed by atoms with Crippen LogP contribution in [0.15, 0.2) is 23.8 Å². The summed E-state index contributed by atoms with van der Waals surface area (Å²) in [5.74, 6) is 2.43. The van der Waals surface area contributed by atoms with Crippen LogP contribution in [0.25, 0.3) is 0 Å². The van der Waals surface area contributed by atoms with Gasteiger partial charge in [-0.25, -0.2) is 0 Å². The van der Waals surface area contributed by atoms with Gasteiger partial charge in [-0.05, 0) is 99.4 Å². The number of allylic oxidation sites excluding steroid dienone is 4. The van der Waals surface area contributed by atoms with E-state index in [1.165, 1.54) is 19.3 Å². The number of aliphatic hydroxyl groups excluding tert-OH is 1. The van der Waals surface area contributed by atoms with E-state index in [0.29, 0.717) is 35.9 Å². The van der Waals surface area contributed by atoms with Crippen molar-refractivity contribution in [3.05, 3.63) is 23.8 Å². The van der Waals surface area contributed by atoms with Crippen LogP contribution in [0, 0.1) is 45.3 Å². The maximum atomic E-state index is 12.7. The van der Waals surface area contributed by atoms with Gasteiger partial charge in [-0.15, -0.1) is 0 Å². The van der Waals surface area contributed by atoms with Gasteiger partial charge < -0.3 is 10.2 Å². The average Bonchev–Trinajstić information content (AvgIpc) is 3.00. The van der Waals surface area contributed by atoms with Gasteiger partial charge in [-0.1, -0.05) is 59.3 Å². The van der Waals surface area contributed by atoms with Crippen LogP contribution < -0.4 is 0 Å². The lowest BCUT2D eigenvalue weighted by molar-refractivity contribution is -0.130. The number of fused-ring (bicyclic) bond motifs is 5. The van der Waals surface area contributed by atoms with Gasteiger partial charge in [0, 0.05) is 10.8 Å². The minimum atomic E-state index is -1.03. The van der Waals surface area contributed by atoms with Crippen molar-refractivity contribution in [2.24, 2.45) is 45.3 Å². The van der Waals surface area contributed by atoms with E-state index in [4.69, 9.17) is 0 Å². The highest BCUT2D eigenvalue weighted by atomic mass is 16.3. The van der Waals surface area contributed by atoms with Crippen LogP contribution in [-0.4, -0.2) is 27.7 Å². The first-order valence-electron chi connectivity index (χ1n) is 13.4. The van der Waals surface area contributed by atoms with Crippen molar-refractivity contribution in [1.82, 2.24) is 0 Å². The molecule has 0 spiro atoms. The molecule has 4 aliphatic rings. The van der Waals surface area contributed by atoms with E-state index in [1.807, 2.05) is 6.08 Å². The number of aliphatic hydroxyl groups is 2. The first kappa shape index (κ1) is 25.2. The van der Waals surface area contributed by atoms with Crippen molar-refractivity contribution in [3.63, 3.8) is 0 Å². The quantitative estimate of drug-likeness (QED) is 0.465. The Morgan fingerprint density at radius 1 is 1.06 bits per heavy atom. The van der Waals surface area contributed by atoms with Crippen LogP contribution in [0.3, 0.4) is 0 Å². The molecule has 0 heterocycles. The molecule has 2 unspecified atom stereocenters. The van der Waals surface area contributed by atoms with Crippen LogP contribution in [0.4, 0.5) is 0 Å². The molecule has 0 aromatic carbocycles. The van der Waals surface area contributed by atoms with Gasteiger partial charge in [0.25, 0.3) is 0 Å². The van der Waals surface area contributed by atoms with Gasteiger partial charge in [0.2, 0.25) is 0 Å². The van der Waals surface area contributed by atoms with Crippen molar-refractivity contribution in [3.8, 4) is 0 Å². The average molecular weight is 457 g/mol. The third kappa shape index (κ3) is 3.54. The van der Waals surface area contributed by atoms with E-state index < -0.39 is 11.7 Å². The zero-order valence-electron chi connectivity index (χ0n) is 22.4. The van der Waals surface area contributed by atoms with E-state index in [9.17, 15) is 15.0 Å². The molecular formula is C30H48O3. The summed E-state index contributed by atoms with van der Waals surface area (Å²) in [5.41, 5.74) is 0.815. The summed E-state index contributed by atoms with van der Waals surface area (Å²) >= 11 is 0. The first-order valence-corrected chi connectivity index (χ1v) is 13.4. The smallest absolute Gasteiger partial charge is 0.161 e. The Kier molecular flexibility index (Phi) is 5.94. The van der Waals surface area contributed by atoms with Gasteiger partial charge in [0.15, 0.2) is 5.78 Å². The fourth-order valence-electron chi connectivity index (χ4n) is 9.00. The topological polar surface area (TPSA) is 57.5 Å². The number of carbonyl (C=O) groups excluding carboxylic acids is 1. The molecule has 2 fully saturated rings. The summed E-state index contributed by atoms with van der Waals surface area (Å²) in [6.07, 6.45) is 13.6. The Labute approximate surface area is 202 Å². The third-order valence-corrected chi connectivity index (χ3v) is 11.6. The number of hydrogen-bond donors (Lipinski definition) is 2. The number of hydrogen-bond acceptors (Lipinski definition) is 3. The van der Waals surface area contributed by atoms with Gasteiger partial charge in [-0.3, -0.25) is 4.79 Å². The Balaban J connectivity index is 1.61. The van der Waals surface area contributed by atoms with Crippen LogP contribution in [-0.2, 0) is 4.79 Å². The molecule has 0 radical (unpaired) electrons. The second-order valence-corrected chi connectivity index (χ2v) is 14.0. The van der Waals surface area contributed by atoms with Crippen molar-refractivity contribution in [2.45, 2.75) is 112 Å². The molecule has 4 aliphatic carbocycles. The number of ketones is 1. The van der Waals surface area contributed by atoms with Crippen molar-refractivity contribution < 1.29 is 15.0 Å². The van der Waals surface area contributed by atoms with Crippen molar-refractivity contribution >= 4 is 5.78 Å². The maximum Gasteiger partial charge on any atom is 0.161 e. The zero-order valence-corrected chi connectivity index (χ0v) is 22.4. The van der Waals surface area contributed by atoms with E-state index in [-0.39, 0.29) is 21.7 Å². The van der Waals surface area contributed by atoms with Gasteiger partial charge in [-0.2, -0.15) is 0 Å². The summed E-state index contributed by atoms with van der Waals surface area (Å²) in [6.45, 7) is 17.6. The molecule has 2 N–H and O–H groups in total. The van der Waals surface area contributed by atoms with Crippen molar-refractivity contribution in [1.29, 1.82) is 0 Å². The normalized spacial score (nSPS) is 43.9. The predicted octanol–water partition coefficient (Wildman–Crippen LogP) is 6.48. The minimum Gasteiger partial charge on any atom is -0.390 e. The molecule has 0 bridgehead atoms. The molecule has 8 atom stereocenters. The molecule has 3 nitrogen and oxygen atoms in total. The molecule has 2 saturated carbocycles. The first-order chi connectivity index (χ1) is 15.1. The molecule has 0 amide bonds. The molecule has 0 aromatic heterocycles. The summed E-state index contributed by atoms with van der Waals surface area (Å²) in [6, 6.07) is 0. The summed E-state index contributed by atoms with van der Waals surface area (Å²) < 4.78 is 0. The summed E-state index contributed by atoms with van der Waals surface area (Å²) in [4.78, 5) is 12.7. The molecule has 3 heteroatoms. The van der Waals surface area contributed by atoms with E-state index >= 15 is 0 Å². The molecule has 186 valence electrons. The van der Waals surface area contributed by atoms with E-state index in [0.717, 1.165) is 19.3 Å². The lowest BCUT2D eigenvalue weighted by Crippen LogP contribution is -2.55. The highest BCUT2D eigenvalue weighted by Gasteiger charge is 2.64. The second kappa shape index (κ2) is 7.79. The Bertz CT molecular complexity index is 860. The Morgan fingerprint density at radius 2 is 1.73 bits per heavy atom.